The Morgan fingerprint density at radius 1 is 1.40 bits per heavy atom. The van der Waals surface area contributed by atoms with Crippen LogP contribution in [0, 0.1) is 6.92 Å². The molecule has 1 unspecified atom stereocenters. The molecule has 1 N–H and O–H groups in total. The number of hydrogen-bond acceptors (Lipinski definition) is 4. The zero-order valence-corrected chi connectivity index (χ0v) is 12.0. The molecule has 1 atom stereocenters. The van der Waals surface area contributed by atoms with E-state index in [2.05, 4.69) is 14.7 Å². The van der Waals surface area contributed by atoms with Crippen LogP contribution < -0.4 is 4.72 Å². The van der Waals surface area contributed by atoms with Gasteiger partial charge in [-0.2, -0.15) is 0 Å². The average Bonchev–Trinajstić information content (AvgIpc) is 2.79. The Balaban J connectivity index is 1.77. The summed E-state index contributed by atoms with van der Waals surface area (Å²) in [4.78, 5) is 8.31. The molecule has 3 rings (SSSR count). The van der Waals surface area contributed by atoms with Crippen molar-refractivity contribution in [3.8, 4) is 0 Å². The van der Waals surface area contributed by atoms with Crippen LogP contribution in [0.1, 0.15) is 17.9 Å². The first-order valence-corrected chi connectivity index (χ1v) is 7.99. The van der Waals surface area contributed by atoms with Gasteiger partial charge in [-0.1, -0.05) is 6.07 Å². The van der Waals surface area contributed by atoms with E-state index in [0.29, 0.717) is 6.54 Å². The van der Waals surface area contributed by atoms with E-state index in [0.717, 1.165) is 24.4 Å². The highest BCUT2D eigenvalue weighted by Gasteiger charge is 2.25. The molecule has 0 aromatic carbocycles. The van der Waals surface area contributed by atoms with E-state index < -0.39 is 10.0 Å². The van der Waals surface area contributed by atoms with Crippen molar-refractivity contribution in [3.05, 3.63) is 42.1 Å². The number of pyridine rings is 1. The van der Waals surface area contributed by atoms with E-state index in [1.807, 2.05) is 17.7 Å². The standard InChI is InChI=1S/C13H16N4O2S/c1-10-8-17-9-11(5-6-12(17)15-10)16-20(18,19)13-4-2-3-7-14-13/h2-4,7-8,11,16H,5-6,9H2,1H3. The minimum Gasteiger partial charge on any atom is -0.333 e. The minimum absolute atomic E-state index is 0.0626. The van der Waals surface area contributed by atoms with E-state index in [9.17, 15) is 8.42 Å². The fourth-order valence-electron chi connectivity index (χ4n) is 2.47. The maximum Gasteiger partial charge on any atom is 0.258 e. The summed E-state index contributed by atoms with van der Waals surface area (Å²) in [6.07, 6.45) is 4.97. The second-order valence-corrected chi connectivity index (χ2v) is 6.64. The fourth-order valence-corrected chi connectivity index (χ4v) is 3.68. The Bertz CT molecular complexity index is 709. The lowest BCUT2D eigenvalue weighted by Crippen LogP contribution is -2.41. The molecule has 0 fully saturated rings. The smallest absolute Gasteiger partial charge is 0.258 e. The van der Waals surface area contributed by atoms with Crippen molar-refractivity contribution in [2.45, 2.75) is 37.4 Å². The Hall–Kier alpha value is -1.73. The van der Waals surface area contributed by atoms with Crippen LogP contribution in [0.25, 0.3) is 0 Å². The molecule has 106 valence electrons. The molecule has 20 heavy (non-hydrogen) atoms. The summed E-state index contributed by atoms with van der Waals surface area (Å²) in [6, 6.07) is 4.74. The molecular formula is C13H16N4O2S. The monoisotopic (exact) mass is 292 g/mol. The van der Waals surface area contributed by atoms with E-state index in [1.165, 1.54) is 12.3 Å². The summed E-state index contributed by atoms with van der Waals surface area (Å²) in [5.74, 6) is 1.02. The third kappa shape index (κ3) is 2.59. The summed E-state index contributed by atoms with van der Waals surface area (Å²) >= 11 is 0. The van der Waals surface area contributed by atoms with Crippen LogP contribution in [-0.4, -0.2) is 29.0 Å². The molecule has 1 aliphatic rings. The maximum atomic E-state index is 12.2. The highest BCUT2D eigenvalue weighted by Crippen LogP contribution is 2.16. The largest absolute Gasteiger partial charge is 0.333 e. The first-order chi connectivity index (χ1) is 9.54. The summed E-state index contributed by atoms with van der Waals surface area (Å²) in [7, 11) is -3.55. The molecule has 2 aromatic rings. The maximum absolute atomic E-state index is 12.2. The Labute approximate surface area is 117 Å². The topological polar surface area (TPSA) is 76.9 Å². The number of hydrogen-bond donors (Lipinski definition) is 1. The average molecular weight is 292 g/mol. The zero-order valence-electron chi connectivity index (χ0n) is 11.2. The van der Waals surface area contributed by atoms with Crippen molar-refractivity contribution in [2.24, 2.45) is 0 Å². The zero-order chi connectivity index (χ0) is 14.2. The van der Waals surface area contributed by atoms with Crippen LogP contribution in [0.3, 0.4) is 0 Å². The van der Waals surface area contributed by atoms with Gasteiger partial charge in [0.15, 0.2) is 5.03 Å². The quantitative estimate of drug-likeness (QED) is 0.911. The molecule has 0 saturated carbocycles. The Morgan fingerprint density at radius 2 is 2.25 bits per heavy atom. The van der Waals surface area contributed by atoms with E-state index in [1.54, 1.807) is 12.1 Å². The Kier molecular flexibility index (Phi) is 3.31. The van der Waals surface area contributed by atoms with Gasteiger partial charge in [0.05, 0.1) is 5.69 Å². The Morgan fingerprint density at radius 3 is 3.00 bits per heavy atom. The summed E-state index contributed by atoms with van der Waals surface area (Å²) < 4.78 is 29.2. The number of imidazole rings is 1. The molecule has 0 saturated heterocycles. The lowest BCUT2D eigenvalue weighted by atomic mass is 10.1. The molecule has 1 aliphatic heterocycles. The normalized spacial score (nSPS) is 18.8. The SMILES string of the molecule is Cc1cn2c(n1)CCC(NS(=O)(=O)c1ccccn1)C2. The van der Waals surface area contributed by atoms with E-state index >= 15 is 0 Å². The molecule has 0 amide bonds. The van der Waals surface area contributed by atoms with Gasteiger partial charge in [-0.3, -0.25) is 0 Å². The van der Waals surface area contributed by atoms with Gasteiger partial charge in [0.25, 0.3) is 10.0 Å². The molecule has 0 spiro atoms. The van der Waals surface area contributed by atoms with Crippen molar-refractivity contribution < 1.29 is 8.42 Å². The highest BCUT2D eigenvalue weighted by molar-refractivity contribution is 7.89. The third-order valence-electron chi connectivity index (χ3n) is 3.35. The molecule has 2 aromatic heterocycles. The minimum atomic E-state index is -3.55. The number of rotatable bonds is 3. The van der Waals surface area contributed by atoms with Crippen LogP contribution >= 0.6 is 0 Å². The molecule has 0 aliphatic carbocycles. The third-order valence-corrected chi connectivity index (χ3v) is 4.78. The van der Waals surface area contributed by atoms with Crippen LogP contribution in [0.4, 0.5) is 0 Å². The lowest BCUT2D eigenvalue weighted by Gasteiger charge is -2.24. The van der Waals surface area contributed by atoms with Crippen molar-refractivity contribution in [3.63, 3.8) is 0 Å². The molecule has 0 radical (unpaired) electrons. The first-order valence-electron chi connectivity index (χ1n) is 6.50. The molecular weight excluding hydrogens is 276 g/mol. The second kappa shape index (κ2) is 4.99. The van der Waals surface area contributed by atoms with Crippen molar-refractivity contribution in [1.82, 2.24) is 19.3 Å². The number of sulfonamides is 1. The summed E-state index contributed by atoms with van der Waals surface area (Å²) in [6.45, 7) is 2.56. The summed E-state index contributed by atoms with van der Waals surface area (Å²) in [5.41, 5.74) is 0.966. The predicted molar refractivity (Wildman–Crippen MR) is 73.6 cm³/mol. The van der Waals surface area contributed by atoms with E-state index in [4.69, 9.17) is 0 Å². The number of aromatic nitrogens is 3. The van der Waals surface area contributed by atoms with Gasteiger partial charge in [-0.05, 0) is 25.5 Å². The first kappa shape index (κ1) is 13.3. The van der Waals surface area contributed by atoms with Crippen LogP contribution in [0.2, 0.25) is 0 Å². The molecule has 7 heteroatoms. The number of nitrogens with one attached hydrogen (secondary N) is 1. The van der Waals surface area contributed by atoms with Crippen molar-refractivity contribution >= 4 is 10.0 Å². The highest BCUT2D eigenvalue weighted by atomic mass is 32.2. The van der Waals surface area contributed by atoms with Gasteiger partial charge in [0.2, 0.25) is 0 Å². The van der Waals surface area contributed by atoms with Crippen LogP contribution in [0.5, 0.6) is 0 Å². The lowest BCUT2D eigenvalue weighted by molar-refractivity contribution is 0.420. The number of aryl methyl sites for hydroxylation is 2. The van der Waals surface area contributed by atoms with Crippen LogP contribution in [-0.2, 0) is 23.0 Å². The van der Waals surface area contributed by atoms with E-state index in [-0.39, 0.29) is 11.1 Å². The van der Waals surface area contributed by atoms with Gasteiger partial charge in [0.1, 0.15) is 5.82 Å². The number of nitrogens with zero attached hydrogens (tertiary/aromatic N) is 3. The molecule has 3 heterocycles. The fraction of sp³-hybridized carbons (Fsp3) is 0.385. The number of fused-ring (bicyclic) bond motifs is 1. The summed E-state index contributed by atoms with van der Waals surface area (Å²) in [5, 5.41) is 0.0626. The van der Waals surface area contributed by atoms with Crippen LogP contribution in [0.15, 0.2) is 35.6 Å². The van der Waals surface area contributed by atoms with Gasteiger partial charge in [-0.25, -0.2) is 23.1 Å². The van der Waals surface area contributed by atoms with Gasteiger partial charge < -0.3 is 4.57 Å². The second-order valence-electron chi connectivity index (χ2n) is 4.98. The van der Waals surface area contributed by atoms with Gasteiger partial charge in [-0.15, -0.1) is 0 Å². The molecule has 6 nitrogen and oxygen atoms in total. The van der Waals surface area contributed by atoms with Crippen molar-refractivity contribution in [2.75, 3.05) is 0 Å². The van der Waals surface area contributed by atoms with Gasteiger partial charge >= 0.3 is 0 Å². The molecule has 0 bridgehead atoms. The predicted octanol–water partition coefficient (Wildman–Crippen LogP) is 0.880. The van der Waals surface area contributed by atoms with Crippen molar-refractivity contribution in [1.29, 1.82) is 0 Å². The van der Waals surface area contributed by atoms with Gasteiger partial charge in [0, 0.05) is 31.4 Å².